The molecule has 0 atom stereocenters. The van der Waals surface area contributed by atoms with Gasteiger partial charge in [-0.2, -0.15) is 0 Å². The maximum atomic E-state index is 13.6. The van der Waals surface area contributed by atoms with Crippen molar-refractivity contribution < 1.29 is 27.9 Å². The molecule has 0 aliphatic carbocycles. The molecule has 0 unspecified atom stereocenters. The van der Waals surface area contributed by atoms with Gasteiger partial charge in [0.1, 0.15) is 22.2 Å². The zero-order valence-corrected chi connectivity index (χ0v) is 13.2. The van der Waals surface area contributed by atoms with Crippen molar-refractivity contribution in [3.8, 4) is 0 Å². The van der Waals surface area contributed by atoms with Crippen molar-refractivity contribution in [2.75, 3.05) is 11.9 Å². The first-order valence-corrected chi connectivity index (χ1v) is 7.63. The zero-order valence-electron chi connectivity index (χ0n) is 12.4. The summed E-state index contributed by atoms with van der Waals surface area (Å²) in [5.74, 6) is -3.90. The van der Waals surface area contributed by atoms with E-state index in [0.717, 1.165) is 29.5 Å². The Kier molecular flexibility index (Phi) is 5.59. The lowest BCUT2D eigenvalue weighted by Gasteiger charge is -2.08. The predicted octanol–water partition coefficient (Wildman–Crippen LogP) is 3.16. The third kappa shape index (κ3) is 3.93. The molecule has 3 amide bonds. The number of carbonyl (C=O) groups excluding carboxylic acids is 3. The van der Waals surface area contributed by atoms with Crippen LogP contribution in [0.4, 0.5) is 18.6 Å². The molecule has 126 valence electrons. The summed E-state index contributed by atoms with van der Waals surface area (Å²) in [4.78, 5) is 35.3. The molecular weight excluding hydrogens is 342 g/mol. The monoisotopic (exact) mass is 354 g/mol. The van der Waals surface area contributed by atoms with Gasteiger partial charge in [0, 0.05) is 0 Å². The Hall–Kier alpha value is -2.81. The lowest BCUT2D eigenvalue weighted by atomic mass is 10.2. The number of hydrogen-bond acceptors (Lipinski definition) is 5. The van der Waals surface area contributed by atoms with Crippen LogP contribution in [0.25, 0.3) is 0 Å². The van der Waals surface area contributed by atoms with E-state index in [1.54, 1.807) is 6.92 Å². The summed E-state index contributed by atoms with van der Waals surface area (Å²) in [7, 11) is 0. The number of hydrogen-bond donors (Lipinski definition) is 2. The van der Waals surface area contributed by atoms with Crippen molar-refractivity contribution in [3.63, 3.8) is 0 Å². The number of alkyl carbamates (subject to hydrolysis) is 1. The number of imide groups is 1. The molecule has 0 saturated heterocycles. The van der Waals surface area contributed by atoms with Crippen LogP contribution >= 0.6 is 11.3 Å². The van der Waals surface area contributed by atoms with Crippen LogP contribution in [-0.2, 0) is 4.74 Å². The van der Waals surface area contributed by atoms with Crippen LogP contribution in [0.15, 0.2) is 29.6 Å². The molecule has 0 aliphatic rings. The predicted molar refractivity (Wildman–Crippen MR) is 83.1 cm³/mol. The maximum Gasteiger partial charge on any atom is 0.414 e. The summed E-state index contributed by atoms with van der Waals surface area (Å²) in [5, 5.41) is 5.75. The average molecular weight is 354 g/mol. The van der Waals surface area contributed by atoms with E-state index in [1.165, 1.54) is 11.4 Å². The third-order valence-electron chi connectivity index (χ3n) is 2.82. The minimum Gasteiger partial charge on any atom is -0.450 e. The molecule has 0 bridgehead atoms. The van der Waals surface area contributed by atoms with Crippen LogP contribution in [-0.4, -0.2) is 24.5 Å². The Balaban J connectivity index is 2.17. The zero-order chi connectivity index (χ0) is 17.7. The van der Waals surface area contributed by atoms with Gasteiger partial charge in [-0.1, -0.05) is 6.07 Å². The highest BCUT2D eigenvalue weighted by Crippen LogP contribution is 2.24. The second kappa shape index (κ2) is 7.64. The molecule has 0 spiro atoms. The molecule has 6 nitrogen and oxygen atoms in total. The minimum atomic E-state index is -1.04. The van der Waals surface area contributed by atoms with E-state index in [-0.39, 0.29) is 17.2 Å². The second-order valence-electron chi connectivity index (χ2n) is 4.39. The van der Waals surface area contributed by atoms with Crippen LogP contribution in [0.3, 0.4) is 0 Å². The molecule has 0 radical (unpaired) electrons. The largest absolute Gasteiger partial charge is 0.450 e. The van der Waals surface area contributed by atoms with Crippen molar-refractivity contribution in [1.29, 1.82) is 0 Å². The molecule has 1 aromatic heterocycles. The fourth-order valence-electron chi connectivity index (χ4n) is 1.79. The Morgan fingerprint density at radius 1 is 1.12 bits per heavy atom. The number of carbonyl (C=O) groups is 3. The van der Waals surface area contributed by atoms with E-state index in [4.69, 9.17) is 0 Å². The molecule has 2 rings (SSSR count). The van der Waals surface area contributed by atoms with Gasteiger partial charge >= 0.3 is 6.09 Å². The Bertz CT molecular complexity index is 771. The van der Waals surface area contributed by atoms with Gasteiger partial charge in [0.2, 0.25) is 0 Å². The van der Waals surface area contributed by atoms with E-state index in [1.807, 2.05) is 5.32 Å². The van der Waals surface area contributed by atoms with Crippen molar-refractivity contribution in [2.24, 2.45) is 0 Å². The highest BCUT2D eigenvalue weighted by Gasteiger charge is 2.21. The van der Waals surface area contributed by atoms with Gasteiger partial charge < -0.3 is 10.1 Å². The van der Waals surface area contributed by atoms with Gasteiger partial charge in [-0.3, -0.25) is 14.9 Å². The van der Waals surface area contributed by atoms with E-state index >= 15 is 0 Å². The fourth-order valence-corrected chi connectivity index (χ4v) is 2.57. The van der Waals surface area contributed by atoms with Gasteiger partial charge in [-0.05, 0) is 30.5 Å². The molecule has 1 heterocycles. The lowest BCUT2D eigenvalue weighted by Crippen LogP contribution is -2.31. The lowest BCUT2D eigenvalue weighted by molar-refractivity contribution is 0.0926. The first kappa shape index (κ1) is 17.5. The number of halogens is 2. The molecule has 9 heteroatoms. The number of benzene rings is 1. The second-order valence-corrected chi connectivity index (χ2v) is 5.30. The van der Waals surface area contributed by atoms with Crippen LogP contribution in [0, 0.1) is 11.6 Å². The molecule has 2 aromatic rings. The molecule has 24 heavy (non-hydrogen) atoms. The average Bonchev–Trinajstić information content (AvgIpc) is 2.95. The van der Waals surface area contributed by atoms with Crippen molar-refractivity contribution in [1.82, 2.24) is 5.32 Å². The maximum absolute atomic E-state index is 13.6. The Morgan fingerprint density at radius 3 is 2.42 bits per heavy atom. The number of ether oxygens (including phenoxy) is 1. The summed E-state index contributed by atoms with van der Waals surface area (Å²) in [6.45, 7) is 1.65. The van der Waals surface area contributed by atoms with Crippen LogP contribution < -0.4 is 10.6 Å². The smallest absolute Gasteiger partial charge is 0.414 e. The summed E-state index contributed by atoms with van der Waals surface area (Å²) in [6.07, 6.45) is -0.939. The van der Waals surface area contributed by atoms with Crippen LogP contribution in [0.1, 0.15) is 27.6 Å². The van der Waals surface area contributed by atoms with Gasteiger partial charge in [0.05, 0.1) is 12.2 Å². The van der Waals surface area contributed by atoms with Crippen molar-refractivity contribution in [3.05, 3.63) is 52.4 Å². The topological polar surface area (TPSA) is 84.5 Å². The standard InChI is InChI=1S/C15H12F2N2O4S/c1-2-23-15(22)19-12(20)8-6-7-24-14(8)18-13(21)11-9(16)4-3-5-10(11)17/h3-7H,2H2,1H3,(H,18,21)(H,19,20,22). The summed E-state index contributed by atoms with van der Waals surface area (Å²) in [5.41, 5.74) is -0.791. The number of nitrogens with one attached hydrogen (secondary N) is 2. The van der Waals surface area contributed by atoms with Gasteiger partial charge in [-0.15, -0.1) is 11.3 Å². The highest BCUT2D eigenvalue weighted by atomic mass is 32.1. The SMILES string of the molecule is CCOC(=O)NC(=O)c1ccsc1NC(=O)c1c(F)cccc1F. The van der Waals surface area contributed by atoms with Crippen molar-refractivity contribution >= 4 is 34.2 Å². The molecule has 0 fully saturated rings. The van der Waals surface area contributed by atoms with Crippen LogP contribution in [0.2, 0.25) is 0 Å². The minimum absolute atomic E-state index is 0.0295. The number of anilines is 1. The van der Waals surface area contributed by atoms with E-state index < -0.39 is 35.1 Å². The summed E-state index contributed by atoms with van der Waals surface area (Å²) < 4.78 is 31.8. The number of thiophene rings is 1. The van der Waals surface area contributed by atoms with Gasteiger partial charge in [0.15, 0.2) is 0 Å². The quantitative estimate of drug-likeness (QED) is 0.883. The Morgan fingerprint density at radius 2 is 1.79 bits per heavy atom. The molecule has 0 aliphatic heterocycles. The van der Waals surface area contributed by atoms with E-state index in [2.05, 4.69) is 10.1 Å². The molecule has 1 aromatic carbocycles. The van der Waals surface area contributed by atoms with E-state index in [9.17, 15) is 23.2 Å². The van der Waals surface area contributed by atoms with Gasteiger partial charge in [0.25, 0.3) is 11.8 Å². The molecular formula is C15H12F2N2O4S. The fraction of sp³-hybridized carbons (Fsp3) is 0.133. The molecule has 0 saturated carbocycles. The van der Waals surface area contributed by atoms with Gasteiger partial charge in [-0.25, -0.2) is 13.6 Å². The summed E-state index contributed by atoms with van der Waals surface area (Å²) >= 11 is 0.963. The highest BCUT2D eigenvalue weighted by molar-refractivity contribution is 7.14. The number of amides is 3. The Labute approximate surface area is 139 Å². The molecule has 2 N–H and O–H groups in total. The first-order chi connectivity index (χ1) is 11.4. The summed E-state index contributed by atoms with van der Waals surface area (Å²) in [6, 6.07) is 4.37. The third-order valence-corrected chi connectivity index (χ3v) is 3.65. The van der Waals surface area contributed by atoms with Crippen LogP contribution in [0.5, 0.6) is 0 Å². The number of rotatable bonds is 4. The van der Waals surface area contributed by atoms with E-state index in [0.29, 0.717) is 0 Å². The first-order valence-electron chi connectivity index (χ1n) is 6.75. The normalized spacial score (nSPS) is 10.1. The van der Waals surface area contributed by atoms with Crippen molar-refractivity contribution in [2.45, 2.75) is 6.92 Å².